The first-order valence-corrected chi connectivity index (χ1v) is 10.2. The van der Waals surface area contributed by atoms with E-state index in [4.69, 9.17) is 9.47 Å². The summed E-state index contributed by atoms with van der Waals surface area (Å²) in [5.74, 6) is -0.671. The van der Waals surface area contributed by atoms with E-state index in [-0.39, 0.29) is 12.3 Å². The summed E-state index contributed by atoms with van der Waals surface area (Å²) < 4.78 is 11.1. The number of rotatable bonds is 10. The Labute approximate surface area is 178 Å². The van der Waals surface area contributed by atoms with Crippen LogP contribution >= 0.6 is 0 Å². The maximum atomic E-state index is 13.3. The fourth-order valence-electron chi connectivity index (χ4n) is 3.24. The number of likely N-dealkylation sites (N-methyl/N-ethyl adjacent to an activating group) is 1. The molecular weight excluding hydrogens is 382 g/mol. The zero-order valence-corrected chi connectivity index (χ0v) is 18.3. The van der Waals surface area contributed by atoms with Gasteiger partial charge < -0.3 is 19.5 Å². The third kappa shape index (κ3) is 5.83. The van der Waals surface area contributed by atoms with Crippen LogP contribution in [0.15, 0.2) is 48.5 Å². The lowest BCUT2D eigenvalue weighted by Crippen LogP contribution is -2.49. The number of hydrogen-bond acceptors (Lipinski definition) is 4. The van der Waals surface area contributed by atoms with E-state index in [1.54, 1.807) is 36.9 Å². The lowest BCUT2D eigenvalue weighted by atomic mass is 10.0. The van der Waals surface area contributed by atoms with Crippen LogP contribution in [0.4, 0.5) is 5.69 Å². The molecule has 1 N–H and O–H groups in total. The summed E-state index contributed by atoms with van der Waals surface area (Å²) in [6.07, 6.45) is 0.218. The van der Waals surface area contributed by atoms with Gasteiger partial charge in [0.1, 0.15) is 5.75 Å². The van der Waals surface area contributed by atoms with Crippen molar-refractivity contribution in [3.63, 3.8) is 0 Å². The van der Waals surface area contributed by atoms with Gasteiger partial charge in [0.25, 0.3) is 5.91 Å². The Morgan fingerprint density at radius 1 is 1.07 bits per heavy atom. The number of methoxy groups -OCH3 is 1. The molecule has 1 amide bonds. The number of anilines is 1. The molecule has 0 radical (unpaired) electrons. The molecule has 0 aliphatic rings. The predicted molar refractivity (Wildman–Crippen MR) is 117 cm³/mol. The molecule has 0 saturated heterocycles. The van der Waals surface area contributed by atoms with Crippen molar-refractivity contribution in [1.29, 1.82) is 0 Å². The van der Waals surface area contributed by atoms with Gasteiger partial charge in [-0.15, -0.1) is 0 Å². The molecule has 0 fully saturated rings. The second kappa shape index (κ2) is 10.3. The van der Waals surface area contributed by atoms with Gasteiger partial charge in [0.2, 0.25) is 0 Å². The van der Waals surface area contributed by atoms with Crippen LogP contribution in [0, 0.1) is 0 Å². The standard InChI is InChI=1S/C24H31NO5/c1-6-17-11-13-19(14-12-17)25(7-2)23(28)24(3,4)30-20-10-8-9-18(15-20)16-21(29-5)22(26)27/h8-15,21H,6-7,16H2,1-5H3,(H,26,27)/t21-/m0/s1. The van der Waals surface area contributed by atoms with Crippen LogP contribution in [0.2, 0.25) is 0 Å². The second-order valence-corrected chi connectivity index (χ2v) is 7.60. The van der Waals surface area contributed by atoms with Gasteiger partial charge in [-0.05, 0) is 62.6 Å². The molecule has 6 nitrogen and oxygen atoms in total. The number of ether oxygens (including phenoxy) is 2. The second-order valence-electron chi connectivity index (χ2n) is 7.60. The summed E-state index contributed by atoms with van der Waals surface area (Å²) in [6, 6.07) is 15.0. The number of carboxylic acids is 1. The Morgan fingerprint density at radius 3 is 2.27 bits per heavy atom. The number of benzene rings is 2. The minimum Gasteiger partial charge on any atom is -0.479 e. The summed E-state index contributed by atoms with van der Waals surface area (Å²) in [7, 11) is 1.37. The number of amides is 1. The van der Waals surface area contributed by atoms with E-state index >= 15 is 0 Å². The van der Waals surface area contributed by atoms with Gasteiger partial charge in [0.05, 0.1) is 0 Å². The molecule has 0 saturated carbocycles. The SMILES string of the molecule is CCc1ccc(N(CC)C(=O)C(C)(C)Oc2cccc(C[C@H](OC)C(=O)O)c2)cc1. The zero-order valence-electron chi connectivity index (χ0n) is 18.3. The predicted octanol–water partition coefficient (Wildman–Crippen LogP) is 4.10. The molecule has 2 aromatic carbocycles. The van der Waals surface area contributed by atoms with Crippen LogP contribution in [-0.4, -0.2) is 42.3 Å². The van der Waals surface area contributed by atoms with Gasteiger partial charge in [-0.25, -0.2) is 4.79 Å². The van der Waals surface area contributed by atoms with Crippen LogP contribution in [0.3, 0.4) is 0 Å². The molecule has 162 valence electrons. The molecule has 1 atom stereocenters. The van der Waals surface area contributed by atoms with E-state index in [0.29, 0.717) is 12.3 Å². The number of aryl methyl sites for hydroxylation is 1. The summed E-state index contributed by atoms with van der Waals surface area (Å²) in [4.78, 5) is 26.2. The molecule has 2 rings (SSSR count). The molecule has 0 heterocycles. The van der Waals surface area contributed by atoms with E-state index in [2.05, 4.69) is 6.92 Å². The van der Waals surface area contributed by atoms with Gasteiger partial charge >= 0.3 is 5.97 Å². The summed E-state index contributed by atoms with van der Waals surface area (Å²) in [6.45, 7) is 8.01. The van der Waals surface area contributed by atoms with E-state index in [1.165, 1.54) is 12.7 Å². The van der Waals surface area contributed by atoms with Gasteiger partial charge in [-0.3, -0.25) is 4.79 Å². The molecule has 0 unspecified atom stereocenters. The normalized spacial score (nSPS) is 12.3. The summed E-state index contributed by atoms with van der Waals surface area (Å²) in [5.41, 5.74) is 1.69. The molecule has 0 aromatic heterocycles. The van der Waals surface area contributed by atoms with E-state index in [1.807, 2.05) is 37.3 Å². The Balaban J connectivity index is 2.18. The fraction of sp³-hybridized carbons (Fsp3) is 0.417. The maximum Gasteiger partial charge on any atom is 0.333 e. The molecule has 0 aliphatic heterocycles. The number of aliphatic carboxylic acids is 1. The van der Waals surface area contributed by atoms with Crippen molar-refractivity contribution in [3.8, 4) is 5.75 Å². The fourth-order valence-corrected chi connectivity index (χ4v) is 3.24. The number of hydrogen-bond donors (Lipinski definition) is 1. The van der Waals surface area contributed by atoms with Crippen LogP contribution in [0.1, 0.15) is 38.8 Å². The van der Waals surface area contributed by atoms with Gasteiger partial charge in [0, 0.05) is 25.8 Å². The quantitative estimate of drug-likeness (QED) is 0.635. The molecule has 0 aliphatic carbocycles. The zero-order chi connectivity index (χ0) is 22.3. The third-order valence-electron chi connectivity index (χ3n) is 4.99. The molecular formula is C24H31NO5. The summed E-state index contributed by atoms with van der Waals surface area (Å²) >= 11 is 0. The minimum atomic E-state index is -1.11. The highest BCUT2D eigenvalue weighted by Crippen LogP contribution is 2.25. The molecule has 0 bridgehead atoms. The maximum absolute atomic E-state index is 13.3. The molecule has 30 heavy (non-hydrogen) atoms. The Bertz CT molecular complexity index is 860. The van der Waals surface area contributed by atoms with Gasteiger partial charge in [-0.2, -0.15) is 0 Å². The topological polar surface area (TPSA) is 76.1 Å². The van der Waals surface area contributed by atoms with Crippen LogP contribution in [0.25, 0.3) is 0 Å². The van der Waals surface area contributed by atoms with Crippen molar-refractivity contribution >= 4 is 17.6 Å². The van der Waals surface area contributed by atoms with Crippen LogP contribution in [0.5, 0.6) is 5.75 Å². The Hall–Kier alpha value is -2.86. The number of carboxylic acid groups (broad SMARTS) is 1. The van der Waals surface area contributed by atoms with Crippen molar-refractivity contribution in [2.75, 3.05) is 18.6 Å². The third-order valence-corrected chi connectivity index (χ3v) is 4.99. The minimum absolute atomic E-state index is 0.153. The van der Waals surface area contributed by atoms with Gasteiger partial charge in [0.15, 0.2) is 11.7 Å². The highest BCUT2D eigenvalue weighted by atomic mass is 16.5. The lowest BCUT2D eigenvalue weighted by Gasteiger charge is -2.32. The van der Waals surface area contributed by atoms with Crippen LogP contribution < -0.4 is 9.64 Å². The van der Waals surface area contributed by atoms with Crippen molar-refractivity contribution in [2.24, 2.45) is 0 Å². The van der Waals surface area contributed by atoms with E-state index in [9.17, 15) is 14.7 Å². The van der Waals surface area contributed by atoms with Crippen molar-refractivity contribution in [2.45, 2.75) is 52.2 Å². The first-order valence-electron chi connectivity index (χ1n) is 10.2. The Kier molecular flexibility index (Phi) is 8.00. The average molecular weight is 414 g/mol. The molecule has 6 heteroatoms. The number of nitrogens with zero attached hydrogens (tertiary/aromatic N) is 1. The molecule has 2 aromatic rings. The monoisotopic (exact) mass is 413 g/mol. The number of carbonyl (C=O) groups is 2. The van der Waals surface area contributed by atoms with Crippen LogP contribution in [-0.2, 0) is 27.2 Å². The van der Waals surface area contributed by atoms with E-state index in [0.717, 1.165) is 17.7 Å². The molecule has 0 spiro atoms. The first-order chi connectivity index (χ1) is 14.2. The lowest BCUT2D eigenvalue weighted by molar-refractivity contribution is -0.148. The Morgan fingerprint density at radius 2 is 1.73 bits per heavy atom. The van der Waals surface area contributed by atoms with Crippen molar-refractivity contribution < 1.29 is 24.2 Å². The van der Waals surface area contributed by atoms with Gasteiger partial charge in [-0.1, -0.05) is 31.2 Å². The summed E-state index contributed by atoms with van der Waals surface area (Å²) in [5, 5.41) is 9.19. The van der Waals surface area contributed by atoms with E-state index < -0.39 is 17.7 Å². The average Bonchev–Trinajstić information content (AvgIpc) is 2.72. The first kappa shape index (κ1) is 23.4. The highest BCUT2D eigenvalue weighted by molar-refractivity contribution is 5.99. The highest BCUT2D eigenvalue weighted by Gasteiger charge is 2.34. The van der Waals surface area contributed by atoms with Crippen molar-refractivity contribution in [3.05, 3.63) is 59.7 Å². The largest absolute Gasteiger partial charge is 0.479 e. The van der Waals surface area contributed by atoms with Crippen molar-refractivity contribution in [1.82, 2.24) is 0 Å². The number of carbonyl (C=O) groups excluding carboxylic acids is 1. The smallest absolute Gasteiger partial charge is 0.333 e.